The molecule has 0 bridgehead atoms. The first-order chi connectivity index (χ1) is 16.5. The highest BCUT2D eigenvalue weighted by Crippen LogP contribution is 2.27. The average molecular weight is 542 g/mol. The Bertz CT molecular complexity index is 1180. The van der Waals surface area contributed by atoms with Gasteiger partial charge in [-0.25, -0.2) is 14.6 Å². The second kappa shape index (κ2) is 12.9. The first-order valence-corrected chi connectivity index (χ1v) is 11.9. The topological polar surface area (TPSA) is 119 Å². The Morgan fingerprint density at radius 1 is 1.20 bits per heavy atom. The highest BCUT2D eigenvalue weighted by molar-refractivity contribution is 6.30. The molecule has 0 saturated heterocycles. The Balaban J connectivity index is 0.00000342. The number of anilines is 1. The van der Waals surface area contributed by atoms with Gasteiger partial charge in [-0.1, -0.05) is 23.2 Å². The van der Waals surface area contributed by atoms with Crippen LogP contribution in [-0.2, 0) is 17.9 Å². The van der Waals surface area contributed by atoms with Gasteiger partial charge < -0.3 is 16.0 Å². The van der Waals surface area contributed by atoms with E-state index in [1.807, 2.05) is 0 Å². The van der Waals surface area contributed by atoms with Gasteiger partial charge in [-0.3, -0.25) is 14.2 Å². The van der Waals surface area contributed by atoms with Crippen molar-refractivity contribution in [2.45, 2.75) is 32.4 Å². The number of carbonyl (C=O) groups excluding carboxylic acids is 1. The van der Waals surface area contributed by atoms with E-state index in [1.54, 1.807) is 29.2 Å². The van der Waals surface area contributed by atoms with Gasteiger partial charge >= 0.3 is 0 Å². The lowest BCUT2D eigenvalue weighted by Crippen LogP contribution is -2.34. The van der Waals surface area contributed by atoms with Crippen molar-refractivity contribution in [1.29, 1.82) is 0 Å². The number of carbonyl (C=O) groups is 1. The molecule has 4 rings (SSSR count). The van der Waals surface area contributed by atoms with Crippen LogP contribution >= 0.6 is 35.6 Å². The molecule has 1 saturated carbocycles. The molecule has 35 heavy (non-hydrogen) atoms. The van der Waals surface area contributed by atoms with Gasteiger partial charge in [0.1, 0.15) is 24.4 Å². The van der Waals surface area contributed by atoms with Crippen molar-refractivity contribution in [2.75, 3.05) is 25.0 Å². The van der Waals surface area contributed by atoms with Crippen molar-refractivity contribution in [3.8, 4) is 5.69 Å². The normalized spacial score (nSPS) is 12.7. The zero-order valence-electron chi connectivity index (χ0n) is 18.9. The van der Waals surface area contributed by atoms with Gasteiger partial charge in [0.15, 0.2) is 5.82 Å². The lowest BCUT2D eigenvalue weighted by atomic mass is 10.1. The van der Waals surface area contributed by atoms with Gasteiger partial charge in [0.25, 0.3) is 5.56 Å². The van der Waals surface area contributed by atoms with Crippen LogP contribution in [-0.4, -0.2) is 49.9 Å². The highest BCUT2D eigenvalue weighted by Gasteiger charge is 2.20. The van der Waals surface area contributed by atoms with Crippen LogP contribution in [0, 0.1) is 5.92 Å². The first-order valence-electron chi connectivity index (χ1n) is 11.1. The Morgan fingerprint density at radius 2 is 2.03 bits per heavy atom. The van der Waals surface area contributed by atoms with Gasteiger partial charge in [0, 0.05) is 18.1 Å². The fourth-order valence-corrected chi connectivity index (χ4v) is 3.81. The third-order valence-electron chi connectivity index (χ3n) is 5.44. The van der Waals surface area contributed by atoms with Gasteiger partial charge in [-0.15, -0.1) is 12.4 Å². The largest absolute Gasteiger partial charge is 0.365 e. The number of nitrogens with one attached hydrogen (secondary N) is 3. The van der Waals surface area contributed by atoms with Crippen LogP contribution < -0.4 is 21.5 Å². The van der Waals surface area contributed by atoms with Gasteiger partial charge in [0.05, 0.1) is 11.9 Å². The molecule has 1 fully saturated rings. The summed E-state index contributed by atoms with van der Waals surface area (Å²) < 4.78 is 2.77. The minimum atomic E-state index is -0.445. The van der Waals surface area contributed by atoms with E-state index in [-0.39, 0.29) is 42.4 Å². The lowest BCUT2D eigenvalue weighted by Gasteiger charge is -2.13. The Labute approximate surface area is 218 Å². The molecule has 0 radical (unpaired) electrons. The van der Waals surface area contributed by atoms with Gasteiger partial charge in [-0.05, 0) is 62.0 Å². The molecule has 2 aromatic heterocycles. The summed E-state index contributed by atoms with van der Waals surface area (Å²) in [5, 5.41) is 14.0. The second-order valence-corrected chi connectivity index (χ2v) is 8.96. The van der Waals surface area contributed by atoms with E-state index < -0.39 is 5.56 Å². The standard InChI is InChI=1S/C22H26Cl2N8O2.ClH/c23-17-4-5-18(32-14-26-13-30-32)16(8-17)10-28-20(33)12-31-19(24)11-29-21(22(31)34)27-7-1-6-25-9-15-2-3-15;/h4-5,8,11,13-15,25H,1-3,6-7,9-10,12H2,(H,27,29)(H,28,33);1H. The third-order valence-corrected chi connectivity index (χ3v) is 5.98. The molecular formula is C22H27Cl3N8O2. The average Bonchev–Trinajstić information content (AvgIpc) is 3.49. The quantitative estimate of drug-likeness (QED) is 0.302. The molecule has 1 amide bonds. The van der Waals surface area contributed by atoms with Crippen LogP contribution in [0.3, 0.4) is 0 Å². The summed E-state index contributed by atoms with van der Waals surface area (Å²) in [4.78, 5) is 33.5. The maximum Gasteiger partial charge on any atom is 0.294 e. The van der Waals surface area contributed by atoms with Crippen molar-refractivity contribution >= 4 is 47.3 Å². The Kier molecular flexibility index (Phi) is 9.91. The zero-order chi connectivity index (χ0) is 23.9. The lowest BCUT2D eigenvalue weighted by molar-refractivity contribution is -0.121. The molecule has 1 aliphatic rings. The minimum absolute atomic E-state index is 0. The fraction of sp³-hybridized carbons (Fsp3) is 0.409. The molecule has 0 atom stereocenters. The molecule has 13 heteroatoms. The molecule has 3 aromatic rings. The van der Waals surface area contributed by atoms with Crippen LogP contribution in [0.1, 0.15) is 24.8 Å². The van der Waals surface area contributed by atoms with E-state index >= 15 is 0 Å². The van der Waals surface area contributed by atoms with E-state index in [0.29, 0.717) is 11.6 Å². The zero-order valence-corrected chi connectivity index (χ0v) is 21.2. The molecule has 10 nitrogen and oxygen atoms in total. The molecule has 1 aromatic carbocycles. The maximum atomic E-state index is 12.8. The Morgan fingerprint density at radius 3 is 2.77 bits per heavy atom. The molecular weight excluding hydrogens is 515 g/mol. The molecule has 1 aliphatic carbocycles. The van der Waals surface area contributed by atoms with Crippen molar-refractivity contribution in [2.24, 2.45) is 5.92 Å². The summed E-state index contributed by atoms with van der Waals surface area (Å²) in [6, 6.07) is 5.27. The molecule has 3 N–H and O–H groups in total. The minimum Gasteiger partial charge on any atom is -0.365 e. The predicted octanol–water partition coefficient (Wildman–Crippen LogP) is 2.67. The summed E-state index contributed by atoms with van der Waals surface area (Å²) in [7, 11) is 0. The number of nitrogens with zero attached hydrogens (tertiary/aromatic N) is 5. The van der Waals surface area contributed by atoms with E-state index in [4.69, 9.17) is 23.2 Å². The van der Waals surface area contributed by atoms with Gasteiger partial charge in [-0.2, -0.15) is 5.10 Å². The smallest absolute Gasteiger partial charge is 0.294 e. The SMILES string of the molecule is Cl.O=C(Cn1c(Cl)cnc(NCCCNCC2CC2)c1=O)NCc1cc(Cl)ccc1-n1cncn1. The number of amides is 1. The van der Waals surface area contributed by atoms with Crippen LogP contribution in [0.25, 0.3) is 5.69 Å². The van der Waals surface area contributed by atoms with Crippen molar-refractivity contribution in [3.05, 3.63) is 63.1 Å². The number of hydrogen-bond acceptors (Lipinski definition) is 7. The molecule has 0 unspecified atom stereocenters. The summed E-state index contributed by atoms with van der Waals surface area (Å²) >= 11 is 12.3. The van der Waals surface area contributed by atoms with Crippen LogP contribution in [0.15, 0.2) is 41.8 Å². The monoisotopic (exact) mass is 540 g/mol. The number of benzene rings is 1. The van der Waals surface area contributed by atoms with Gasteiger partial charge in [0.2, 0.25) is 5.91 Å². The Hall–Kier alpha value is -2.66. The van der Waals surface area contributed by atoms with Crippen LogP contribution in [0.5, 0.6) is 0 Å². The second-order valence-electron chi connectivity index (χ2n) is 8.14. The fourth-order valence-electron chi connectivity index (χ4n) is 3.43. The van der Waals surface area contributed by atoms with Crippen molar-refractivity contribution < 1.29 is 4.79 Å². The van der Waals surface area contributed by atoms with E-state index in [0.717, 1.165) is 36.7 Å². The molecule has 0 spiro atoms. The number of hydrogen-bond donors (Lipinski definition) is 3. The highest BCUT2D eigenvalue weighted by atomic mass is 35.5. The summed E-state index contributed by atoms with van der Waals surface area (Å²) in [5.41, 5.74) is 1.04. The van der Waals surface area contributed by atoms with Crippen LogP contribution in [0.4, 0.5) is 5.82 Å². The molecule has 0 aliphatic heterocycles. The van der Waals surface area contributed by atoms with E-state index in [9.17, 15) is 9.59 Å². The number of rotatable bonds is 12. The van der Waals surface area contributed by atoms with E-state index in [1.165, 1.54) is 29.9 Å². The number of halogens is 3. The molecule has 188 valence electrons. The third kappa shape index (κ3) is 7.66. The molecule has 2 heterocycles. The van der Waals surface area contributed by atoms with E-state index in [2.05, 4.69) is 31.0 Å². The summed E-state index contributed by atoms with van der Waals surface area (Å²) in [6.07, 6.45) is 7.83. The predicted molar refractivity (Wildman–Crippen MR) is 138 cm³/mol. The summed E-state index contributed by atoms with van der Waals surface area (Å²) in [5.74, 6) is 0.620. The summed E-state index contributed by atoms with van der Waals surface area (Å²) in [6.45, 7) is 2.46. The number of aromatic nitrogens is 5. The van der Waals surface area contributed by atoms with Crippen molar-refractivity contribution in [3.63, 3.8) is 0 Å². The van der Waals surface area contributed by atoms with Crippen molar-refractivity contribution in [1.82, 2.24) is 34.9 Å². The first kappa shape index (κ1) is 26.9. The maximum absolute atomic E-state index is 12.8. The van der Waals surface area contributed by atoms with Crippen LogP contribution in [0.2, 0.25) is 10.2 Å².